The molecule has 0 aliphatic carbocycles. The van der Waals surface area contributed by atoms with Crippen LogP contribution in [0.2, 0.25) is 0 Å². The van der Waals surface area contributed by atoms with Gasteiger partial charge in [0.1, 0.15) is 0 Å². The molecule has 0 radical (unpaired) electrons. The van der Waals surface area contributed by atoms with Crippen LogP contribution >= 0.6 is 11.3 Å². The van der Waals surface area contributed by atoms with Crippen molar-refractivity contribution in [3.05, 3.63) is 70.4 Å². The van der Waals surface area contributed by atoms with Gasteiger partial charge in [-0.3, -0.25) is 14.5 Å². The topological polar surface area (TPSA) is 61.4 Å². The van der Waals surface area contributed by atoms with Crippen LogP contribution in [0.25, 0.3) is 10.8 Å². The molecule has 1 saturated heterocycles. The first kappa shape index (κ1) is 19.6. The van der Waals surface area contributed by atoms with E-state index >= 15 is 0 Å². The van der Waals surface area contributed by atoms with Gasteiger partial charge in [0.2, 0.25) is 11.8 Å². The molecule has 0 saturated carbocycles. The van der Waals surface area contributed by atoms with Crippen LogP contribution in [0.15, 0.2) is 60.0 Å². The number of rotatable bonds is 7. The molecule has 2 N–H and O–H groups in total. The van der Waals surface area contributed by atoms with Gasteiger partial charge in [-0.25, -0.2) is 0 Å². The fourth-order valence-corrected chi connectivity index (χ4v) is 4.60. The van der Waals surface area contributed by atoms with Gasteiger partial charge in [0.15, 0.2) is 0 Å². The molecule has 3 aromatic rings. The molecule has 1 aromatic heterocycles. The molecule has 1 aliphatic heterocycles. The molecule has 0 bridgehead atoms. The zero-order chi connectivity index (χ0) is 20.1. The van der Waals surface area contributed by atoms with Crippen molar-refractivity contribution in [1.82, 2.24) is 15.5 Å². The first-order chi connectivity index (χ1) is 14.2. The molecule has 0 unspecified atom stereocenters. The molecule has 29 heavy (non-hydrogen) atoms. The summed E-state index contributed by atoms with van der Waals surface area (Å²) in [5.74, 6) is -0.138. The van der Waals surface area contributed by atoms with Gasteiger partial charge in [-0.1, -0.05) is 48.5 Å². The van der Waals surface area contributed by atoms with Crippen LogP contribution in [0, 0.1) is 0 Å². The van der Waals surface area contributed by atoms with E-state index in [1.54, 1.807) is 11.3 Å². The lowest BCUT2D eigenvalue weighted by atomic mass is 10.0. The number of amides is 2. The van der Waals surface area contributed by atoms with E-state index in [0.29, 0.717) is 19.6 Å². The fraction of sp³-hybridized carbons (Fsp3) is 0.304. The molecule has 2 aromatic carbocycles. The summed E-state index contributed by atoms with van der Waals surface area (Å²) in [4.78, 5) is 28.2. The minimum absolute atomic E-state index is 0.0583. The second-order valence-corrected chi connectivity index (χ2v) is 8.33. The first-order valence-electron chi connectivity index (χ1n) is 9.98. The number of nitrogens with zero attached hydrogens (tertiary/aromatic N) is 1. The quantitative estimate of drug-likeness (QED) is 0.633. The Kier molecular flexibility index (Phi) is 6.22. The van der Waals surface area contributed by atoms with Crippen molar-refractivity contribution in [3.63, 3.8) is 0 Å². The Balaban J connectivity index is 1.33. The van der Waals surface area contributed by atoms with E-state index in [4.69, 9.17) is 0 Å². The summed E-state index contributed by atoms with van der Waals surface area (Å²) in [7, 11) is 0. The molecule has 2 amide bonds. The van der Waals surface area contributed by atoms with Gasteiger partial charge < -0.3 is 10.6 Å². The molecule has 1 atom stereocenters. The van der Waals surface area contributed by atoms with Gasteiger partial charge in [0, 0.05) is 31.1 Å². The summed E-state index contributed by atoms with van der Waals surface area (Å²) in [5, 5.41) is 10.4. The van der Waals surface area contributed by atoms with Crippen molar-refractivity contribution in [2.75, 3.05) is 19.6 Å². The van der Waals surface area contributed by atoms with Gasteiger partial charge in [-0.15, -0.1) is 11.3 Å². The third-order valence-electron chi connectivity index (χ3n) is 5.36. The lowest BCUT2D eigenvalue weighted by Gasteiger charge is -2.34. The highest BCUT2D eigenvalue weighted by molar-refractivity contribution is 7.09. The lowest BCUT2D eigenvalue weighted by Crippen LogP contribution is -2.56. The largest absolute Gasteiger partial charge is 0.356 e. The van der Waals surface area contributed by atoms with Crippen LogP contribution in [0.3, 0.4) is 0 Å². The summed E-state index contributed by atoms with van der Waals surface area (Å²) in [6.45, 7) is 2.66. The Labute approximate surface area is 174 Å². The van der Waals surface area contributed by atoms with Crippen LogP contribution in [0.5, 0.6) is 0 Å². The second-order valence-electron chi connectivity index (χ2n) is 7.30. The van der Waals surface area contributed by atoms with Crippen LogP contribution in [-0.4, -0.2) is 42.4 Å². The average molecular weight is 408 g/mol. The van der Waals surface area contributed by atoms with E-state index in [2.05, 4.69) is 45.9 Å². The van der Waals surface area contributed by atoms with Gasteiger partial charge in [-0.05, 0) is 34.2 Å². The Morgan fingerprint density at radius 2 is 2.00 bits per heavy atom. The minimum Gasteiger partial charge on any atom is -0.356 e. The van der Waals surface area contributed by atoms with Crippen LogP contribution in [-0.2, 0) is 22.6 Å². The van der Waals surface area contributed by atoms with Gasteiger partial charge in [0.25, 0.3) is 0 Å². The number of carbonyl (C=O) groups is 2. The molecule has 2 heterocycles. The SMILES string of the molecule is O=C(C[C@H]1C(=O)NCCN1Cc1cccs1)NCCc1cccc2ccccc12. The van der Waals surface area contributed by atoms with E-state index in [1.165, 1.54) is 21.2 Å². The molecule has 4 rings (SSSR count). The van der Waals surface area contributed by atoms with E-state index in [-0.39, 0.29) is 18.2 Å². The van der Waals surface area contributed by atoms with Crippen molar-refractivity contribution in [2.45, 2.75) is 25.4 Å². The van der Waals surface area contributed by atoms with Crippen LogP contribution in [0.4, 0.5) is 0 Å². The summed E-state index contributed by atoms with van der Waals surface area (Å²) in [5.41, 5.74) is 1.22. The van der Waals surface area contributed by atoms with Crippen LogP contribution < -0.4 is 10.6 Å². The molecular formula is C23H25N3O2S. The molecule has 1 fully saturated rings. The monoisotopic (exact) mass is 407 g/mol. The molecule has 6 heteroatoms. The summed E-state index contributed by atoms with van der Waals surface area (Å²) in [6, 6.07) is 18.2. The maximum Gasteiger partial charge on any atom is 0.237 e. The van der Waals surface area contributed by atoms with Crippen LogP contribution in [0.1, 0.15) is 16.9 Å². The highest BCUT2D eigenvalue weighted by atomic mass is 32.1. The fourth-order valence-electron chi connectivity index (χ4n) is 3.87. The van der Waals surface area contributed by atoms with E-state index in [1.807, 2.05) is 29.6 Å². The highest BCUT2D eigenvalue weighted by Gasteiger charge is 2.31. The zero-order valence-corrected chi connectivity index (χ0v) is 17.1. The summed E-state index contributed by atoms with van der Waals surface area (Å²) < 4.78 is 0. The van der Waals surface area contributed by atoms with Crippen molar-refractivity contribution in [3.8, 4) is 0 Å². The normalized spacial score (nSPS) is 17.2. The van der Waals surface area contributed by atoms with E-state index < -0.39 is 6.04 Å². The Morgan fingerprint density at radius 1 is 1.14 bits per heavy atom. The lowest BCUT2D eigenvalue weighted by molar-refractivity contribution is -0.134. The summed E-state index contributed by atoms with van der Waals surface area (Å²) >= 11 is 1.68. The zero-order valence-electron chi connectivity index (χ0n) is 16.3. The maximum atomic E-state index is 12.5. The first-order valence-corrected chi connectivity index (χ1v) is 10.9. The molecule has 0 spiro atoms. The number of hydrogen-bond acceptors (Lipinski definition) is 4. The number of hydrogen-bond donors (Lipinski definition) is 2. The number of fused-ring (bicyclic) bond motifs is 1. The number of thiophene rings is 1. The Bertz CT molecular complexity index is 981. The smallest absolute Gasteiger partial charge is 0.237 e. The van der Waals surface area contributed by atoms with Crippen molar-refractivity contribution >= 4 is 33.9 Å². The third-order valence-corrected chi connectivity index (χ3v) is 6.22. The summed E-state index contributed by atoms with van der Waals surface area (Å²) in [6.07, 6.45) is 0.954. The average Bonchev–Trinajstić information content (AvgIpc) is 3.24. The number of nitrogens with one attached hydrogen (secondary N) is 2. The molecular weight excluding hydrogens is 382 g/mol. The maximum absolute atomic E-state index is 12.5. The van der Waals surface area contributed by atoms with Crippen molar-refractivity contribution < 1.29 is 9.59 Å². The Morgan fingerprint density at radius 3 is 2.86 bits per heavy atom. The van der Waals surface area contributed by atoms with Gasteiger partial charge in [0.05, 0.1) is 12.5 Å². The van der Waals surface area contributed by atoms with E-state index in [9.17, 15) is 9.59 Å². The molecule has 5 nitrogen and oxygen atoms in total. The standard InChI is InChI=1S/C23H25N3O2S/c27-22(24-11-10-18-7-3-6-17-5-1-2-9-20(17)18)15-21-23(28)25-12-13-26(21)16-19-8-4-14-29-19/h1-9,14,21H,10-13,15-16H2,(H,24,27)(H,25,28)/t21-/m0/s1. The molecule has 1 aliphatic rings. The molecule has 150 valence electrons. The highest BCUT2D eigenvalue weighted by Crippen LogP contribution is 2.19. The van der Waals surface area contributed by atoms with Gasteiger partial charge in [-0.2, -0.15) is 0 Å². The van der Waals surface area contributed by atoms with E-state index in [0.717, 1.165) is 13.0 Å². The number of carbonyl (C=O) groups excluding carboxylic acids is 2. The van der Waals surface area contributed by atoms with Crippen molar-refractivity contribution in [2.24, 2.45) is 0 Å². The van der Waals surface area contributed by atoms with Crippen molar-refractivity contribution in [1.29, 1.82) is 0 Å². The number of benzene rings is 2. The minimum atomic E-state index is -0.414. The van der Waals surface area contributed by atoms with Gasteiger partial charge >= 0.3 is 0 Å². The third kappa shape index (κ3) is 4.83. The second kappa shape index (κ2) is 9.20. The predicted octanol–water partition coefficient (Wildman–Crippen LogP) is 2.95. The number of piperazine rings is 1. The Hall–Kier alpha value is -2.70. The predicted molar refractivity (Wildman–Crippen MR) is 117 cm³/mol.